The van der Waals surface area contributed by atoms with Gasteiger partial charge in [-0.05, 0) is 25.0 Å². The van der Waals surface area contributed by atoms with Gasteiger partial charge >= 0.3 is 0 Å². The second-order valence-electron chi connectivity index (χ2n) is 5.71. The highest BCUT2D eigenvalue weighted by atomic mass is 16.1. The number of aromatic nitrogens is 3. The van der Waals surface area contributed by atoms with E-state index in [0.717, 1.165) is 37.3 Å². The summed E-state index contributed by atoms with van der Waals surface area (Å²) in [6, 6.07) is 5.83. The Bertz CT molecular complexity index is 619. The van der Waals surface area contributed by atoms with E-state index in [1.807, 2.05) is 18.2 Å². The summed E-state index contributed by atoms with van der Waals surface area (Å²) in [5.41, 5.74) is 0.998. The summed E-state index contributed by atoms with van der Waals surface area (Å²) in [7, 11) is 0. The molecule has 1 aliphatic heterocycles. The van der Waals surface area contributed by atoms with Crippen molar-refractivity contribution in [2.24, 2.45) is 5.92 Å². The van der Waals surface area contributed by atoms with Gasteiger partial charge in [0.05, 0.1) is 12.1 Å². The van der Waals surface area contributed by atoms with Gasteiger partial charge in [-0.15, -0.1) is 0 Å². The van der Waals surface area contributed by atoms with Crippen LogP contribution >= 0.6 is 0 Å². The van der Waals surface area contributed by atoms with Crippen molar-refractivity contribution in [3.8, 4) is 0 Å². The molecule has 0 spiro atoms. The Balaban J connectivity index is 1.49. The Morgan fingerprint density at radius 3 is 3.00 bits per heavy atom. The van der Waals surface area contributed by atoms with Crippen LogP contribution < -0.4 is 10.2 Å². The predicted molar refractivity (Wildman–Crippen MR) is 87.9 cm³/mol. The van der Waals surface area contributed by atoms with Crippen molar-refractivity contribution in [3.05, 3.63) is 48.7 Å². The molecule has 120 valence electrons. The summed E-state index contributed by atoms with van der Waals surface area (Å²) in [4.78, 5) is 27.2. The second-order valence-corrected chi connectivity index (χ2v) is 5.71. The monoisotopic (exact) mass is 311 g/mol. The second kappa shape index (κ2) is 7.67. The fourth-order valence-electron chi connectivity index (χ4n) is 2.86. The van der Waals surface area contributed by atoms with E-state index < -0.39 is 0 Å². The van der Waals surface area contributed by atoms with Crippen LogP contribution in [0.2, 0.25) is 0 Å². The Morgan fingerprint density at radius 1 is 1.26 bits per heavy atom. The third-order valence-corrected chi connectivity index (χ3v) is 4.07. The number of hydrogen-bond donors (Lipinski definition) is 1. The number of piperidine rings is 1. The van der Waals surface area contributed by atoms with Crippen LogP contribution in [0.5, 0.6) is 0 Å². The molecule has 0 radical (unpaired) electrons. The summed E-state index contributed by atoms with van der Waals surface area (Å²) < 4.78 is 0. The first-order valence-electron chi connectivity index (χ1n) is 8.01. The number of hydrogen-bond acceptors (Lipinski definition) is 5. The summed E-state index contributed by atoms with van der Waals surface area (Å²) in [6.07, 6.45) is 9.55. The molecule has 0 unspecified atom stereocenters. The number of amides is 1. The highest BCUT2D eigenvalue weighted by molar-refractivity contribution is 5.79. The first-order chi connectivity index (χ1) is 11.3. The Labute approximate surface area is 136 Å². The van der Waals surface area contributed by atoms with Crippen molar-refractivity contribution >= 4 is 11.7 Å². The van der Waals surface area contributed by atoms with E-state index in [0.29, 0.717) is 13.1 Å². The van der Waals surface area contributed by atoms with Crippen LogP contribution in [0.15, 0.2) is 43.0 Å². The highest BCUT2D eigenvalue weighted by Gasteiger charge is 2.26. The number of nitrogens with one attached hydrogen (secondary N) is 1. The van der Waals surface area contributed by atoms with E-state index in [-0.39, 0.29) is 11.8 Å². The maximum atomic E-state index is 12.4. The quantitative estimate of drug-likeness (QED) is 0.905. The zero-order chi connectivity index (χ0) is 15.9. The fraction of sp³-hybridized carbons (Fsp3) is 0.412. The Hall–Kier alpha value is -2.50. The van der Waals surface area contributed by atoms with Gasteiger partial charge in [0.15, 0.2) is 0 Å². The minimum Gasteiger partial charge on any atom is -0.355 e. The Morgan fingerprint density at radius 2 is 2.22 bits per heavy atom. The molecular weight excluding hydrogens is 290 g/mol. The molecule has 1 fully saturated rings. The maximum absolute atomic E-state index is 12.4. The first kappa shape index (κ1) is 15.4. The SMILES string of the molecule is O=C(NCCc1ccccn1)[C@H]1CCCN(c2cnccn2)C1. The molecule has 1 amide bonds. The molecule has 1 atom stereocenters. The van der Waals surface area contributed by atoms with Gasteiger partial charge < -0.3 is 10.2 Å². The van der Waals surface area contributed by atoms with E-state index >= 15 is 0 Å². The van der Waals surface area contributed by atoms with Crippen LogP contribution in [0, 0.1) is 5.92 Å². The number of nitrogens with zero attached hydrogens (tertiary/aromatic N) is 4. The lowest BCUT2D eigenvalue weighted by atomic mass is 9.97. The molecule has 0 bridgehead atoms. The van der Waals surface area contributed by atoms with E-state index in [1.165, 1.54) is 0 Å². The topological polar surface area (TPSA) is 71.0 Å². The summed E-state index contributed by atoms with van der Waals surface area (Å²) in [5, 5.41) is 3.03. The average Bonchev–Trinajstić information content (AvgIpc) is 2.63. The molecule has 2 aromatic heterocycles. The lowest BCUT2D eigenvalue weighted by Crippen LogP contribution is -2.43. The molecule has 1 N–H and O–H groups in total. The van der Waals surface area contributed by atoms with Crippen LogP contribution in [0.25, 0.3) is 0 Å². The van der Waals surface area contributed by atoms with E-state index in [2.05, 4.69) is 25.2 Å². The first-order valence-corrected chi connectivity index (χ1v) is 8.01. The molecule has 1 aliphatic rings. The van der Waals surface area contributed by atoms with E-state index in [4.69, 9.17) is 0 Å². The normalized spacial score (nSPS) is 17.7. The minimum atomic E-state index is 0.00879. The van der Waals surface area contributed by atoms with Crippen molar-refractivity contribution in [1.82, 2.24) is 20.3 Å². The van der Waals surface area contributed by atoms with Crippen molar-refractivity contribution < 1.29 is 4.79 Å². The van der Waals surface area contributed by atoms with Gasteiger partial charge in [-0.1, -0.05) is 6.07 Å². The smallest absolute Gasteiger partial charge is 0.224 e. The average molecular weight is 311 g/mol. The van der Waals surface area contributed by atoms with Crippen LogP contribution in [0.1, 0.15) is 18.5 Å². The fourth-order valence-corrected chi connectivity index (χ4v) is 2.86. The van der Waals surface area contributed by atoms with Crippen molar-refractivity contribution in [3.63, 3.8) is 0 Å². The van der Waals surface area contributed by atoms with Gasteiger partial charge in [0.2, 0.25) is 5.91 Å². The molecule has 2 aromatic rings. The van der Waals surface area contributed by atoms with Crippen LogP contribution in [-0.4, -0.2) is 40.5 Å². The van der Waals surface area contributed by atoms with Crippen LogP contribution in [0.4, 0.5) is 5.82 Å². The van der Waals surface area contributed by atoms with Crippen LogP contribution in [-0.2, 0) is 11.2 Å². The number of pyridine rings is 1. The zero-order valence-electron chi connectivity index (χ0n) is 13.1. The van der Waals surface area contributed by atoms with Gasteiger partial charge in [0.25, 0.3) is 0 Å². The van der Waals surface area contributed by atoms with E-state index in [9.17, 15) is 4.79 Å². The lowest BCUT2D eigenvalue weighted by molar-refractivity contribution is -0.125. The molecule has 1 saturated heterocycles. The molecular formula is C17H21N5O. The van der Waals surface area contributed by atoms with Crippen molar-refractivity contribution in [1.29, 1.82) is 0 Å². The summed E-state index contributed by atoms with van der Waals surface area (Å²) >= 11 is 0. The van der Waals surface area contributed by atoms with Gasteiger partial charge in [-0.25, -0.2) is 4.98 Å². The summed E-state index contributed by atoms with van der Waals surface area (Å²) in [5.74, 6) is 0.975. The van der Waals surface area contributed by atoms with Crippen molar-refractivity contribution in [2.75, 3.05) is 24.5 Å². The maximum Gasteiger partial charge on any atom is 0.224 e. The zero-order valence-corrected chi connectivity index (χ0v) is 13.1. The van der Waals surface area contributed by atoms with Gasteiger partial charge in [-0.2, -0.15) is 0 Å². The Kier molecular flexibility index (Phi) is 5.13. The number of carbonyl (C=O) groups is 1. The standard InChI is InChI=1S/C17H21N5O/c23-17(21-8-6-15-5-1-2-7-19-15)14-4-3-11-22(13-14)16-12-18-9-10-20-16/h1-2,5,7,9-10,12,14H,3-4,6,8,11,13H2,(H,21,23)/t14-/m0/s1. The summed E-state index contributed by atoms with van der Waals surface area (Å²) in [6.45, 7) is 2.25. The largest absolute Gasteiger partial charge is 0.355 e. The highest BCUT2D eigenvalue weighted by Crippen LogP contribution is 2.20. The number of anilines is 1. The number of carbonyl (C=O) groups excluding carboxylic acids is 1. The molecule has 3 heterocycles. The molecule has 6 nitrogen and oxygen atoms in total. The minimum absolute atomic E-state index is 0.00879. The van der Waals surface area contributed by atoms with Crippen molar-refractivity contribution in [2.45, 2.75) is 19.3 Å². The number of rotatable bonds is 5. The molecule has 0 aliphatic carbocycles. The van der Waals surface area contributed by atoms with E-state index in [1.54, 1.807) is 24.8 Å². The van der Waals surface area contributed by atoms with Gasteiger partial charge in [0, 0.05) is 50.3 Å². The molecule has 3 rings (SSSR count). The van der Waals surface area contributed by atoms with Gasteiger partial charge in [0.1, 0.15) is 5.82 Å². The molecule has 0 aromatic carbocycles. The van der Waals surface area contributed by atoms with Gasteiger partial charge in [-0.3, -0.25) is 14.8 Å². The molecule has 6 heteroatoms. The van der Waals surface area contributed by atoms with Crippen LogP contribution in [0.3, 0.4) is 0 Å². The molecule has 23 heavy (non-hydrogen) atoms. The third kappa shape index (κ3) is 4.25. The predicted octanol–water partition coefficient (Wildman–Crippen LogP) is 1.45. The third-order valence-electron chi connectivity index (χ3n) is 4.07. The lowest BCUT2D eigenvalue weighted by Gasteiger charge is -2.32. The molecule has 0 saturated carbocycles.